The summed E-state index contributed by atoms with van der Waals surface area (Å²) < 4.78 is 29.0. The van der Waals surface area contributed by atoms with Crippen molar-refractivity contribution in [3.63, 3.8) is 0 Å². The zero-order valence-corrected chi connectivity index (χ0v) is 12.1. The first-order valence-corrected chi connectivity index (χ1v) is 7.00. The second-order valence-electron chi connectivity index (χ2n) is 4.98. The Labute approximate surface area is 130 Å². The number of carbonyl (C=O) groups excluding carboxylic acids is 1. The molecule has 8 heteroatoms. The summed E-state index contributed by atoms with van der Waals surface area (Å²) in [6, 6.07) is 4.10. The van der Waals surface area contributed by atoms with Crippen LogP contribution >= 0.6 is 11.6 Å². The predicted octanol–water partition coefficient (Wildman–Crippen LogP) is 2.67. The smallest absolute Gasteiger partial charge is 0.387 e. The molecule has 5 nitrogen and oxygen atoms in total. The second-order valence-corrected chi connectivity index (χ2v) is 5.41. The maximum atomic E-state index is 12.3. The molecule has 1 aromatic carbocycles. The SMILES string of the molecule is O=C(O)C1CCC1C(=O)NCc1cc(Cl)ccc1OC(F)F. The fourth-order valence-electron chi connectivity index (χ4n) is 2.32. The Kier molecular flexibility index (Phi) is 5.18. The number of alkyl halides is 2. The van der Waals surface area contributed by atoms with Crippen LogP contribution in [0.15, 0.2) is 18.2 Å². The van der Waals surface area contributed by atoms with Crippen LogP contribution in [0.3, 0.4) is 0 Å². The summed E-state index contributed by atoms with van der Waals surface area (Å²) in [5.41, 5.74) is 0.298. The van der Waals surface area contributed by atoms with Gasteiger partial charge in [0.15, 0.2) is 0 Å². The van der Waals surface area contributed by atoms with Crippen LogP contribution in [0.5, 0.6) is 5.75 Å². The van der Waals surface area contributed by atoms with E-state index < -0.39 is 30.3 Å². The average Bonchev–Trinajstić information content (AvgIpc) is 2.36. The Morgan fingerprint density at radius 2 is 2.05 bits per heavy atom. The van der Waals surface area contributed by atoms with Gasteiger partial charge in [0.25, 0.3) is 0 Å². The second kappa shape index (κ2) is 6.91. The minimum absolute atomic E-state index is 0.0652. The van der Waals surface area contributed by atoms with E-state index in [4.69, 9.17) is 16.7 Å². The minimum atomic E-state index is -2.99. The Balaban J connectivity index is 2.00. The van der Waals surface area contributed by atoms with E-state index in [1.807, 2.05) is 0 Å². The summed E-state index contributed by atoms with van der Waals surface area (Å²) in [7, 11) is 0. The van der Waals surface area contributed by atoms with E-state index in [9.17, 15) is 18.4 Å². The number of nitrogens with one attached hydrogen (secondary N) is 1. The minimum Gasteiger partial charge on any atom is -0.481 e. The lowest BCUT2D eigenvalue weighted by atomic mass is 9.73. The largest absolute Gasteiger partial charge is 0.481 e. The van der Waals surface area contributed by atoms with Gasteiger partial charge in [-0.15, -0.1) is 0 Å². The molecule has 0 saturated heterocycles. The third-order valence-electron chi connectivity index (χ3n) is 3.62. The number of aliphatic carboxylic acids is 1. The normalized spacial score (nSPS) is 20.4. The highest BCUT2D eigenvalue weighted by Gasteiger charge is 2.41. The lowest BCUT2D eigenvalue weighted by molar-refractivity contribution is -0.152. The molecule has 1 saturated carbocycles. The van der Waals surface area contributed by atoms with Crippen LogP contribution in [-0.2, 0) is 16.1 Å². The van der Waals surface area contributed by atoms with Gasteiger partial charge in [-0.25, -0.2) is 0 Å². The first kappa shape index (κ1) is 16.5. The highest BCUT2D eigenvalue weighted by molar-refractivity contribution is 6.30. The van der Waals surface area contributed by atoms with E-state index in [1.165, 1.54) is 18.2 Å². The van der Waals surface area contributed by atoms with Gasteiger partial charge in [0.05, 0.1) is 11.8 Å². The van der Waals surface area contributed by atoms with Crippen molar-refractivity contribution in [1.82, 2.24) is 5.32 Å². The molecule has 120 valence electrons. The first-order valence-electron chi connectivity index (χ1n) is 6.62. The number of benzene rings is 1. The van der Waals surface area contributed by atoms with Crippen molar-refractivity contribution in [1.29, 1.82) is 0 Å². The van der Waals surface area contributed by atoms with E-state index in [2.05, 4.69) is 10.1 Å². The number of carbonyl (C=O) groups is 2. The molecule has 2 rings (SSSR count). The molecular weight excluding hydrogens is 320 g/mol. The first-order chi connectivity index (χ1) is 10.4. The van der Waals surface area contributed by atoms with Gasteiger partial charge in [0.2, 0.25) is 5.91 Å². The molecule has 0 bridgehead atoms. The van der Waals surface area contributed by atoms with Gasteiger partial charge in [-0.1, -0.05) is 11.6 Å². The molecule has 2 atom stereocenters. The van der Waals surface area contributed by atoms with Crippen molar-refractivity contribution >= 4 is 23.5 Å². The summed E-state index contributed by atoms with van der Waals surface area (Å²) in [6.07, 6.45) is 0.961. The molecule has 2 N–H and O–H groups in total. The molecule has 22 heavy (non-hydrogen) atoms. The van der Waals surface area contributed by atoms with Gasteiger partial charge in [0.1, 0.15) is 5.75 Å². The Morgan fingerprint density at radius 1 is 1.36 bits per heavy atom. The molecule has 1 aliphatic carbocycles. The molecule has 0 aliphatic heterocycles. The van der Waals surface area contributed by atoms with Crippen molar-refractivity contribution < 1.29 is 28.2 Å². The molecule has 0 spiro atoms. The van der Waals surface area contributed by atoms with E-state index in [0.29, 0.717) is 23.4 Å². The van der Waals surface area contributed by atoms with Crippen LogP contribution in [0.25, 0.3) is 0 Å². The molecule has 1 aliphatic rings. The quantitative estimate of drug-likeness (QED) is 0.839. The zero-order chi connectivity index (χ0) is 16.3. The van der Waals surface area contributed by atoms with Crippen LogP contribution in [0.1, 0.15) is 18.4 Å². The van der Waals surface area contributed by atoms with Crippen molar-refractivity contribution in [2.45, 2.75) is 26.0 Å². The van der Waals surface area contributed by atoms with Gasteiger partial charge in [-0.3, -0.25) is 9.59 Å². The lowest BCUT2D eigenvalue weighted by Crippen LogP contribution is -2.43. The number of carboxylic acids is 1. The van der Waals surface area contributed by atoms with Crippen LogP contribution in [0.2, 0.25) is 5.02 Å². The number of rotatable bonds is 6. The molecule has 0 aromatic heterocycles. The van der Waals surface area contributed by atoms with E-state index in [-0.39, 0.29) is 12.3 Å². The molecule has 1 fully saturated rings. The average molecular weight is 334 g/mol. The Bertz CT molecular complexity index is 582. The van der Waals surface area contributed by atoms with Crippen molar-refractivity contribution in [2.75, 3.05) is 0 Å². The fourth-order valence-corrected chi connectivity index (χ4v) is 2.51. The highest BCUT2D eigenvalue weighted by atomic mass is 35.5. The number of amides is 1. The number of hydrogen-bond donors (Lipinski definition) is 2. The maximum Gasteiger partial charge on any atom is 0.387 e. The van der Waals surface area contributed by atoms with E-state index >= 15 is 0 Å². The topological polar surface area (TPSA) is 75.6 Å². The van der Waals surface area contributed by atoms with Gasteiger partial charge < -0.3 is 15.2 Å². The van der Waals surface area contributed by atoms with Gasteiger partial charge in [-0.2, -0.15) is 8.78 Å². The highest BCUT2D eigenvalue weighted by Crippen LogP contribution is 2.34. The van der Waals surface area contributed by atoms with Crippen LogP contribution in [0.4, 0.5) is 8.78 Å². The molecule has 1 amide bonds. The van der Waals surface area contributed by atoms with Crippen LogP contribution in [0, 0.1) is 11.8 Å². The molecule has 1 aromatic rings. The van der Waals surface area contributed by atoms with Crippen molar-refractivity contribution in [3.8, 4) is 5.75 Å². The summed E-state index contributed by atoms with van der Waals surface area (Å²) in [5.74, 6) is -2.77. The third-order valence-corrected chi connectivity index (χ3v) is 3.86. The molecule has 0 radical (unpaired) electrons. The lowest BCUT2D eigenvalue weighted by Gasteiger charge is -2.32. The summed E-state index contributed by atoms with van der Waals surface area (Å²) in [5, 5.41) is 11.8. The van der Waals surface area contributed by atoms with Crippen LogP contribution < -0.4 is 10.1 Å². The van der Waals surface area contributed by atoms with Crippen molar-refractivity contribution in [2.24, 2.45) is 11.8 Å². The number of halogens is 3. The Morgan fingerprint density at radius 3 is 2.59 bits per heavy atom. The third kappa shape index (κ3) is 3.85. The maximum absolute atomic E-state index is 12.3. The number of hydrogen-bond acceptors (Lipinski definition) is 3. The van der Waals surface area contributed by atoms with Gasteiger partial charge in [0, 0.05) is 17.1 Å². The molecule has 0 heterocycles. The zero-order valence-electron chi connectivity index (χ0n) is 11.4. The Hall–Kier alpha value is -1.89. The molecule has 2 unspecified atom stereocenters. The molecular formula is C14H14ClF2NO4. The predicted molar refractivity (Wildman–Crippen MR) is 73.8 cm³/mol. The summed E-state index contributed by atoms with van der Waals surface area (Å²) in [6.45, 7) is -3.05. The van der Waals surface area contributed by atoms with E-state index in [0.717, 1.165) is 0 Å². The fraction of sp³-hybridized carbons (Fsp3) is 0.429. The van der Waals surface area contributed by atoms with Gasteiger partial charge in [-0.05, 0) is 31.0 Å². The van der Waals surface area contributed by atoms with Crippen molar-refractivity contribution in [3.05, 3.63) is 28.8 Å². The summed E-state index contributed by atoms with van der Waals surface area (Å²) in [4.78, 5) is 22.8. The van der Waals surface area contributed by atoms with Gasteiger partial charge >= 0.3 is 12.6 Å². The van der Waals surface area contributed by atoms with E-state index in [1.54, 1.807) is 0 Å². The number of ether oxygens (including phenoxy) is 1. The number of carboxylic acid groups (broad SMARTS) is 1. The standard InChI is InChI=1S/C14H14ClF2NO4/c15-8-1-4-11(22-14(16)17)7(5-8)6-18-12(19)9-2-3-10(9)13(20)21/h1,4-5,9-10,14H,2-3,6H2,(H,18,19)(H,20,21). The summed E-state index contributed by atoms with van der Waals surface area (Å²) >= 11 is 5.80. The van der Waals surface area contributed by atoms with Crippen LogP contribution in [-0.4, -0.2) is 23.6 Å². The monoisotopic (exact) mass is 333 g/mol.